The standard InChI is InChI=1S/C10H13N3O2/c1-7-3-5-8(6-4-7)12-9(13-15)10(14)11-2/h3-6,15H,1-2H3,(H,11,14)(H,12,13). The molecule has 0 spiro atoms. The van der Waals surface area contributed by atoms with E-state index in [0.29, 0.717) is 5.69 Å². The third-order valence-corrected chi connectivity index (χ3v) is 1.82. The van der Waals surface area contributed by atoms with Crippen LogP contribution in [0.2, 0.25) is 0 Å². The van der Waals surface area contributed by atoms with Crippen molar-refractivity contribution in [3.63, 3.8) is 0 Å². The van der Waals surface area contributed by atoms with E-state index in [1.165, 1.54) is 7.05 Å². The Kier molecular flexibility index (Phi) is 3.82. The highest BCUT2D eigenvalue weighted by Crippen LogP contribution is 2.12. The minimum Gasteiger partial charge on any atom is -0.352 e. The maximum Gasteiger partial charge on any atom is 0.288 e. The molecule has 0 aromatic heterocycles. The lowest BCUT2D eigenvalue weighted by atomic mass is 10.2. The van der Waals surface area contributed by atoms with Crippen LogP contribution < -0.4 is 10.8 Å². The van der Waals surface area contributed by atoms with Gasteiger partial charge in [0.25, 0.3) is 5.91 Å². The molecule has 0 fully saturated rings. The number of nitrogens with one attached hydrogen (secondary N) is 2. The van der Waals surface area contributed by atoms with Crippen molar-refractivity contribution in [2.45, 2.75) is 6.92 Å². The molecule has 1 aromatic carbocycles. The number of amides is 1. The van der Waals surface area contributed by atoms with E-state index in [2.05, 4.69) is 10.3 Å². The Bertz CT molecular complexity index is 371. The lowest BCUT2D eigenvalue weighted by Gasteiger charge is -2.02. The summed E-state index contributed by atoms with van der Waals surface area (Å²) in [5, 5.41) is 11.1. The van der Waals surface area contributed by atoms with Crippen molar-refractivity contribution in [2.75, 3.05) is 7.05 Å². The van der Waals surface area contributed by atoms with Gasteiger partial charge in [0.2, 0.25) is 5.84 Å². The van der Waals surface area contributed by atoms with Crippen molar-refractivity contribution in [3.8, 4) is 0 Å². The number of amidine groups is 1. The smallest absolute Gasteiger partial charge is 0.288 e. The van der Waals surface area contributed by atoms with Crippen LogP contribution in [-0.2, 0) is 4.79 Å². The number of nitrogens with zero attached hydrogens (tertiary/aromatic N) is 1. The second kappa shape index (κ2) is 5.11. The maximum atomic E-state index is 11.1. The fourth-order valence-electron chi connectivity index (χ4n) is 0.993. The third-order valence-electron chi connectivity index (χ3n) is 1.82. The molecule has 1 rings (SSSR count). The van der Waals surface area contributed by atoms with Crippen LogP contribution in [0.15, 0.2) is 29.3 Å². The molecule has 0 atom stereocenters. The molecule has 1 amide bonds. The van der Waals surface area contributed by atoms with E-state index in [9.17, 15) is 4.79 Å². The Morgan fingerprint density at radius 3 is 2.40 bits per heavy atom. The first-order chi connectivity index (χ1) is 7.17. The van der Waals surface area contributed by atoms with E-state index in [4.69, 9.17) is 5.21 Å². The molecule has 0 aliphatic heterocycles. The number of benzene rings is 1. The Morgan fingerprint density at radius 1 is 1.33 bits per heavy atom. The van der Waals surface area contributed by atoms with Crippen LogP contribution >= 0.6 is 0 Å². The minimum atomic E-state index is -0.474. The van der Waals surface area contributed by atoms with Crippen molar-refractivity contribution in [3.05, 3.63) is 29.8 Å². The van der Waals surface area contributed by atoms with Gasteiger partial charge in [0, 0.05) is 7.05 Å². The number of aliphatic imine (C=N–C) groups is 1. The predicted octanol–water partition coefficient (Wildman–Crippen LogP) is 0.750. The summed E-state index contributed by atoms with van der Waals surface area (Å²) in [7, 11) is 1.46. The normalized spacial score (nSPS) is 11.0. The molecule has 0 aliphatic carbocycles. The largest absolute Gasteiger partial charge is 0.352 e. The molecular formula is C10H13N3O2. The molecule has 5 nitrogen and oxygen atoms in total. The SMILES string of the molecule is CNC(=O)C(=Nc1ccc(C)cc1)NO. The summed E-state index contributed by atoms with van der Waals surface area (Å²) in [6, 6.07) is 7.26. The zero-order valence-corrected chi connectivity index (χ0v) is 8.61. The molecule has 0 aliphatic rings. The summed E-state index contributed by atoms with van der Waals surface area (Å²) in [6.07, 6.45) is 0. The van der Waals surface area contributed by atoms with Gasteiger partial charge in [-0.15, -0.1) is 0 Å². The van der Waals surface area contributed by atoms with E-state index in [1.807, 2.05) is 19.1 Å². The second-order valence-electron chi connectivity index (χ2n) is 2.99. The topological polar surface area (TPSA) is 73.7 Å². The van der Waals surface area contributed by atoms with E-state index < -0.39 is 5.91 Å². The number of hydrogen-bond acceptors (Lipinski definition) is 3. The predicted molar refractivity (Wildman–Crippen MR) is 57.3 cm³/mol. The van der Waals surface area contributed by atoms with Crippen LogP contribution in [0.1, 0.15) is 5.56 Å². The van der Waals surface area contributed by atoms with Crippen molar-refractivity contribution in [1.82, 2.24) is 10.8 Å². The van der Waals surface area contributed by atoms with Crippen LogP contribution in [-0.4, -0.2) is 24.0 Å². The fourth-order valence-corrected chi connectivity index (χ4v) is 0.993. The Morgan fingerprint density at radius 2 is 1.93 bits per heavy atom. The van der Waals surface area contributed by atoms with Crippen LogP contribution in [0.25, 0.3) is 0 Å². The summed E-state index contributed by atoms with van der Waals surface area (Å²) in [6.45, 7) is 1.96. The summed E-state index contributed by atoms with van der Waals surface area (Å²) < 4.78 is 0. The number of likely N-dealkylation sites (N-methyl/N-ethyl adjacent to an activating group) is 1. The molecule has 3 N–H and O–H groups in total. The zero-order valence-electron chi connectivity index (χ0n) is 8.61. The van der Waals surface area contributed by atoms with Gasteiger partial charge in [0.1, 0.15) is 0 Å². The molecule has 0 radical (unpaired) electrons. The number of hydrogen-bond donors (Lipinski definition) is 3. The molecule has 1 aromatic rings. The van der Waals surface area contributed by atoms with Crippen molar-refractivity contribution >= 4 is 17.4 Å². The van der Waals surface area contributed by atoms with Gasteiger partial charge < -0.3 is 5.32 Å². The first-order valence-corrected chi connectivity index (χ1v) is 4.45. The molecule has 0 heterocycles. The zero-order chi connectivity index (χ0) is 11.3. The van der Waals surface area contributed by atoms with Gasteiger partial charge in [-0.3, -0.25) is 10.0 Å². The average molecular weight is 207 g/mol. The van der Waals surface area contributed by atoms with Crippen LogP contribution in [0.4, 0.5) is 5.69 Å². The Labute approximate surface area is 87.8 Å². The molecule has 0 saturated carbocycles. The van der Waals surface area contributed by atoms with Gasteiger partial charge in [0.15, 0.2) is 0 Å². The average Bonchev–Trinajstić information content (AvgIpc) is 2.27. The summed E-state index contributed by atoms with van der Waals surface area (Å²) >= 11 is 0. The van der Waals surface area contributed by atoms with Gasteiger partial charge in [-0.2, -0.15) is 0 Å². The lowest BCUT2D eigenvalue weighted by molar-refractivity contribution is -0.114. The number of rotatable bonds is 1. The number of hydroxylamine groups is 1. The van der Waals surface area contributed by atoms with Gasteiger partial charge in [-0.1, -0.05) is 17.7 Å². The van der Waals surface area contributed by atoms with Gasteiger partial charge in [-0.25, -0.2) is 10.5 Å². The summed E-state index contributed by atoms with van der Waals surface area (Å²) in [5.74, 6) is -0.612. The summed E-state index contributed by atoms with van der Waals surface area (Å²) in [5.41, 5.74) is 3.46. The number of carbonyl (C=O) groups is 1. The van der Waals surface area contributed by atoms with E-state index in [-0.39, 0.29) is 5.84 Å². The monoisotopic (exact) mass is 207 g/mol. The highest BCUT2D eigenvalue weighted by molar-refractivity contribution is 6.37. The van der Waals surface area contributed by atoms with E-state index >= 15 is 0 Å². The molecule has 80 valence electrons. The molecule has 15 heavy (non-hydrogen) atoms. The first kappa shape index (κ1) is 11.2. The number of aryl methyl sites for hydroxylation is 1. The minimum absolute atomic E-state index is 0.138. The molecule has 0 saturated heterocycles. The quantitative estimate of drug-likeness (QED) is 0.361. The van der Waals surface area contributed by atoms with Crippen LogP contribution in [0.5, 0.6) is 0 Å². The Hall–Kier alpha value is -1.88. The second-order valence-corrected chi connectivity index (χ2v) is 2.99. The van der Waals surface area contributed by atoms with Crippen molar-refractivity contribution in [1.29, 1.82) is 0 Å². The third kappa shape index (κ3) is 3.07. The molecular weight excluding hydrogens is 194 g/mol. The van der Waals surface area contributed by atoms with Crippen LogP contribution in [0.3, 0.4) is 0 Å². The van der Waals surface area contributed by atoms with Gasteiger partial charge >= 0.3 is 0 Å². The Balaban J connectivity index is 2.93. The van der Waals surface area contributed by atoms with Gasteiger partial charge in [0.05, 0.1) is 5.69 Å². The van der Waals surface area contributed by atoms with Crippen LogP contribution in [0, 0.1) is 6.92 Å². The number of carbonyl (C=O) groups excluding carboxylic acids is 1. The molecule has 0 bridgehead atoms. The van der Waals surface area contributed by atoms with E-state index in [0.717, 1.165) is 5.56 Å². The highest BCUT2D eigenvalue weighted by Gasteiger charge is 2.07. The van der Waals surface area contributed by atoms with Crippen molar-refractivity contribution < 1.29 is 10.0 Å². The lowest BCUT2D eigenvalue weighted by Crippen LogP contribution is -2.36. The highest BCUT2D eigenvalue weighted by atomic mass is 16.5. The maximum absolute atomic E-state index is 11.1. The first-order valence-electron chi connectivity index (χ1n) is 4.45. The van der Waals surface area contributed by atoms with Crippen molar-refractivity contribution in [2.24, 2.45) is 4.99 Å². The van der Waals surface area contributed by atoms with Gasteiger partial charge in [-0.05, 0) is 19.1 Å². The molecule has 5 heteroatoms. The molecule has 0 unspecified atom stereocenters. The van der Waals surface area contributed by atoms with E-state index in [1.54, 1.807) is 17.6 Å². The summed E-state index contributed by atoms with van der Waals surface area (Å²) in [4.78, 5) is 15.1. The fraction of sp³-hybridized carbons (Fsp3) is 0.200.